The van der Waals surface area contributed by atoms with Gasteiger partial charge in [0.2, 0.25) is 0 Å². The molecule has 7 heteroatoms. The van der Waals surface area contributed by atoms with Gasteiger partial charge in [-0.2, -0.15) is 4.98 Å². The number of aromatic nitrogens is 4. The van der Waals surface area contributed by atoms with Crippen LogP contribution in [-0.4, -0.2) is 32.8 Å². The van der Waals surface area contributed by atoms with Crippen molar-refractivity contribution in [3.8, 4) is 0 Å². The maximum absolute atomic E-state index is 13.2. The van der Waals surface area contributed by atoms with Crippen LogP contribution in [-0.2, 0) is 6.54 Å². The molecule has 0 radical (unpaired) electrons. The van der Waals surface area contributed by atoms with Crippen LogP contribution in [0.2, 0.25) is 0 Å². The Balaban J connectivity index is 1.43. The lowest BCUT2D eigenvalue weighted by Gasteiger charge is -2.30. The van der Waals surface area contributed by atoms with E-state index in [0.29, 0.717) is 23.0 Å². The fraction of sp³-hybridized carbons (Fsp3) is 0.400. The summed E-state index contributed by atoms with van der Waals surface area (Å²) in [6.07, 6.45) is 5.62. The van der Waals surface area contributed by atoms with Gasteiger partial charge in [-0.3, -0.25) is 0 Å². The van der Waals surface area contributed by atoms with Gasteiger partial charge in [0.25, 0.3) is 6.01 Å². The Labute approximate surface area is 126 Å². The summed E-state index contributed by atoms with van der Waals surface area (Å²) in [5, 5.41) is 7.66. The minimum absolute atomic E-state index is 0.303. The van der Waals surface area contributed by atoms with Gasteiger partial charge in [0.05, 0.1) is 0 Å². The fourth-order valence-corrected chi connectivity index (χ4v) is 2.94. The van der Waals surface area contributed by atoms with Crippen LogP contribution < -0.4 is 4.90 Å². The lowest BCUT2D eigenvalue weighted by molar-refractivity contribution is 0.347. The lowest BCUT2D eigenvalue weighted by atomic mass is 9.97. The van der Waals surface area contributed by atoms with Crippen LogP contribution >= 0.6 is 0 Å². The summed E-state index contributed by atoms with van der Waals surface area (Å²) in [7, 11) is 0. The summed E-state index contributed by atoms with van der Waals surface area (Å²) in [5.74, 6) is 0.303. The van der Waals surface area contributed by atoms with E-state index in [2.05, 4.69) is 20.1 Å². The molecule has 0 aliphatic carbocycles. The first-order valence-corrected chi connectivity index (χ1v) is 7.41. The van der Waals surface area contributed by atoms with Gasteiger partial charge in [0.1, 0.15) is 24.0 Å². The Morgan fingerprint density at radius 2 is 1.95 bits per heavy atom. The van der Waals surface area contributed by atoms with Crippen molar-refractivity contribution < 1.29 is 8.81 Å². The van der Waals surface area contributed by atoms with Gasteiger partial charge < -0.3 is 13.9 Å². The van der Waals surface area contributed by atoms with E-state index in [1.807, 2.05) is 4.57 Å². The third-order valence-electron chi connectivity index (χ3n) is 4.16. The first kappa shape index (κ1) is 13.2. The molecule has 0 saturated carbocycles. The van der Waals surface area contributed by atoms with Gasteiger partial charge in [-0.25, -0.2) is 4.39 Å². The van der Waals surface area contributed by atoms with Crippen LogP contribution in [0.1, 0.15) is 12.8 Å². The van der Waals surface area contributed by atoms with E-state index in [1.165, 1.54) is 12.1 Å². The van der Waals surface area contributed by atoms with E-state index in [4.69, 9.17) is 4.42 Å². The second-order valence-corrected chi connectivity index (χ2v) is 5.70. The Bertz CT molecular complexity index is 761. The number of halogens is 1. The van der Waals surface area contributed by atoms with E-state index >= 15 is 0 Å². The van der Waals surface area contributed by atoms with Gasteiger partial charge in [-0.1, -0.05) is 0 Å². The number of anilines is 1. The van der Waals surface area contributed by atoms with Crippen LogP contribution in [0.15, 0.2) is 35.3 Å². The molecular formula is C15H16FN5O. The third-order valence-corrected chi connectivity index (χ3v) is 4.16. The predicted molar refractivity (Wildman–Crippen MR) is 78.9 cm³/mol. The molecule has 3 heterocycles. The van der Waals surface area contributed by atoms with Crippen molar-refractivity contribution in [2.75, 3.05) is 18.0 Å². The van der Waals surface area contributed by atoms with E-state index in [-0.39, 0.29) is 5.82 Å². The van der Waals surface area contributed by atoms with Crippen molar-refractivity contribution >= 4 is 17.1 Å². The molecule has 0 atom stereocenters. The Morgan fingerprint density at radius 1 is 1.18 bits per heavy atom. The first-order valence-electron chi connectivity index (χ1n) is 7.41. The highest BCUT2D eigenvalue weighted by Gasteiger charge is 2.23. The zero-order valence-corrected chi connectivity index (χ0v) is 12.0. The van der Waals surface area contributed by atoms with Crippen molar-refractivity contribution in [2.45, 2.75) is 19.4 Å². The van der Waals surface area contributed by atoms with Crippen molar-refractivity contribution in [2.24, 2.45) is 5.92 Å². The summed E-state index contributed by atoms with van der Waals surface area (Å²) < 4.78 is 20.9. The number of benzene rings is 1. The lowest BCUT2D eigenvalue weighted by Crippen LogP contribution is -2.35. The summed E-state index contributed by atoms with van der Waals surface area (Å²) in [6, 6.07) is 5.02. The van der Waals surface area contributed by atoms with Gasteiger partial charge in [-0.15, -0.1) is 10.2 Å². The van der Waals surface area contributed by atoms with Crippen molar-refractivity contribution in [3.05, 3.63) is 36.7 Å². The molecule has 1 aliphatic heterocycles. The molecule has 22 heavy (non-hydrogen) atoms. The molecule has 1 fully saturated rings. The van der Waals surface area contributed by atoms with Crippen LogP contribution in [0.25, 0.3) is 11.1 Å². The number of oxazole rings is 1. The van der Waals surface area contributed by atoms with E-state index in [1.54, 1.807) is 18.7 Å². The molecule has 0 unspecified atom stereocenters. The molecule has 4 rings (SSSR count). The normalized spacial score (nSPS) is 16.5. The molecule has 1 saturated heterocycles. The highest BCUT2D eigenvalue weighted by Crippen LogP contribution is 2.27. The summed E-state index contributed by atoms with van der Waals surface area (Å²) in [5.41, 5.74) is 1.20. The third kappa shape index (κ3) is 2.54. The Morgan fingerprint density at radius 3 is 2.73 bits per heavy atom. The summed E-state index contributed by atoms with van der Waals surface area (Å²) in [4.78, 5) is 6.57. The van der Waals surface area contributed by atoms with Gasteiger partial charge in [-0.05, 0) is 30.9 Å². The zero-order chi connectivity index (χ0) is 14.9. The van der Waals surface area contributed by atoms with Crippen LogP contribution in [0.4, 0.5) is 10.4 Å². The topological polar surface area (TPSA) is 60.0 Å². The van der Waals surface area contributed by atoms with Crippen molar-refractivity contribution in [3.63, 3.8) is 0 Å². The minimum Gasteiger partial charge on any atom is -0.423 e. The monoisotopic (exact) mass is 301 g/mol. The molecular weight excluding hydrogens is 285 g/mol. The van der Waals surface area contributed by atoms with Gasteiger partial charge >= 0.3 is 0 Å². The van der Waals surface area contributed by atoms with E-state index in [0.717, 1.165) is 32.5 Å². The Hall–Kier alpha value is -2.44. The summed E-state index contributed by atoms with van der Waals surface area (Å²) >= 11 is 0. The molecule has 3 aromatic rings. The van der Waals surface area contributed by atoms with Gasteiger partial charge in [0, 0.05) is 25.7 Å². The molecule has 6 nitrogen and oxygen atoms in total. The molecule has 114 valence electrons. The number of fused-ring (bicyclic) bond motifs is 1. The quantitative estimate of drug-likeness (QED) is 0.744. The second-order valence-electron chi connectivity index (χ2n) is 5.70. The largest absolute Gasteiger partial charge is 0.423 e. The Kier molecular flexibility index (Phi) is 3.25. The average Bonchev–Trinajstić information content (AvgIpc) is 3.17. The van der Waals surface area contributed by atoms with Crippen LogP contribution in [0.5, 0.6) is 0 Å². The molecule has 2 aromatic heterocycles. The molecule has 0 amide bonds. The maximum Gasteiger partial charge on any atom is 0.298 e. The van der Waals surface area contributed by atoms with E-state index in [9.17, 15) is 4.39 Å². The number of nitrogens with zero attached hydrogens (tertiary/aromatic N) is 5. The fourth-order valence-electron chi connectivity index (χ4n) is 2.94. The molecule has 1 aromatic carbocycles. The molecule has 1 aliphatic rings. The number of hydrogen-bond donors (Lipinski definition) is 0. The number of piperidine rings is 1. The minimum atomic E-state index is -0.303. The number of hydrogen-bond acceptors (Lipinski definition) is 5. The predicted octanol–water partition coefficient (Wildman–Crippen LogP) is 2.48. The van der Waals surface area contributed by atoms with E-state index < -0.39 is 0 Å². The average molecular weight is 301 g/mol. The highest BCUT2D eigenvalue weighted by molar-refractivity contribution is 5.74. The van der Waals surface area contributed by atoms with Crippen LogP contribution in [0.3, 0.4) is 0 Å². The number of rotatable bonds is 3. The first-order chi connectivity index (χ1) is 10.8. The standard InChI is InChI=1S/C15H16FN5O/c16-12-1-2-13-14(7-12)22-15(19-13)21-5-3-11(4-6-21)8-20-9-17-18-10-20/h1-2,7,9-11H,3-6,8H2. The van der Waals surface area contributed by atoms with Crippen LogP contribution in [0, 0.1) is 11.7 Å². The van der Waals surface area contributed by atoms with Gasteiger partial charge in [0.15, 0.2) is 5.58 Å². The highest BCUT2D eigenvalue weighted by atomic mass is 19.1. The zero-order valence-electron chi connectivity index (χ0n) is 12.0. The van der Waals surface area contributed by atoms with Crippen molar-refractivity contribution in [1.82, 2.24) is 19.7 Å². The van der Waals surface area contributed by atoms with Crippen molar-refractivity contribution in [1.29, 1.82) is 0 Å². The molecule has 0 bridgehead atoms. The molecule has 0 N–H and O–H groups in total. The maximum atomic E-state index is 13.2. The SMILES string of the molecule is Fc1ccc2nc(N3CCC(Cn4cnnc4)CC3)oc2c1. The second kappa shape index (κ2) is 5.40. The smallest absolute Gasteiger partial charge is 0.298 e. The summed E-state index contributed by atoms with van der Waals surface area (Å²) in [6.45, 7) is 2.73. The molecule has 0 spiro atoms.